The van der Waals surface area contributed by atoms with Crippen molar-refractivity contribution in [1.29, 1.82) is 0 Å². The molecule has 2 aromatic rings. The molecule has 1 amide bonds. The number of rotatable bonds is 6. The van der Waals surface area contributed by atoms with Gasteiger partial charge in [-0.1, -0.05) is 12.1 Å². The van der Waals surface area contributed by atoms with E-state index >= 15 is 0 Å². The average molecular weight is 367 g/mol. The van der Waals surface area contributed by atoms with Gasteiger partial charge in [-0.2, -0.15) is 0 Å². The van der Waals surface area contributed by atoms with Gasteiger partial charge in [0, 0.05) is 17.2 Å². The van der Waals surface area contributed by atoms with E-state index in [4.69, 9.17) is 9.47 Å². The summed E-state index contributed by atoms with van der Waals surface area (Å²) in [4.78, 5) is 26.0. The van der Waals surface area contributed by atoms with Crippen LogP contribution in [0.5, 0.6) is 5.75 Å². The fourth-order valence-electron chi connectivity index (χ4n) is 1.69. The number of aromatic nitrogens is 1. The van der Waals surface area contributed by atoms with Crippen molar-refractivity contribution in [2.24, 2.45) is 0 Å². The molecule has 0 spiro atoms. The number of methoxy groups -OCH3 is 1. The summed E-state index contributed by atoms with van der Waals surface area (Å²) in [6.07, 6.45) is 1.61. The third-order valence-corrected chi connectivity index (χ3v) is 3.31. The first-order chi connectivity index (χ1) is 10.6. The molecule has 0 fully saturated rings. The fourth-order valence-corrected chi connectivity index (χ4v) is 2.03. The first-order valence-corrected chi connectivity index (χ1v) is 7.28. The number of aromatic amines is 1. The number of hydrogen-bond acceptors (Lipinski definition) is 4. The molecule has 22 heavy (non-hydrogen) atoms. The lowest BCUT2D eigenvalue weighted by atomic mass is 10.2. The van der Waals surface area contributed by atoms with Gasteiger partial charge in [-0.05, 0) is 39.7 Å². The minimum atomic E-state index is -0.578. The zero-order valence-electron chi connectivity index (χ0n) is 11.9. The van der Waals surface area contributed by atoms with E-state index in [1.54, 1.807) is 19.4 Å². The number of H-pyrrole nitrogens is 1. The van der Waals surface area contributed by atoms with Crippen LogP contribution >= 0.6 is 15.9 Å². The van der Waals surface area contributed by atoms with Crippen molar-refractivity contribution < 1.29 is 19.1 Å². The molecule has 1 heterocycles. The topological polar surface area (TPSA) is 80.4 Å². The Kier molecular flexibility index (Phi) is 5.60. The van der Waals surface area contributed by atoms with Crippen LogP contribution in [-0.4, -0.2) is 30.6 Å². The second kappa shape index (κ2) is 7.65. The largest absolute Gasteiger partial charge is 0.497 e. The van der Waals surface area contributed by atoms with Gasteiger partial charge in [0.05, 0.1) is 7.11 Å². The number of carbonyl (C=O) groups excluding carboxylic acids is 2. The van der Waals surface area contributed by atoms with Gasteiger partial charge < -0.3 is 19.8 Å². The van der Waals surface area contributed by atoms with Gasteiger partial charge >= 0.3 is 5.97 Å². The van der Waals surface area contributed by atoms with Crippen molar-refractivity contribution in [2.45, 2.75) is 6.54 Å². The summed E-state index contributed by atoms with van der Waals surface area (Å²) in [6.45, 7) is 0.0278. The number of carbonyl (C=O) groups is 2. The Labute approximate surface area is 135 Å². The molecule has 0 aliphatic rings. The van der Waals surface area contributed by atoms with Gasteiger partial charge in [0.2, 0.25) is 0 Å². The fraction of sp³-hybridized carbons (Fsp3) is 0.200. The number of ether oxygens (including phenoxy) is 2. The Hall–Kier alpha value is -2.28. The Morgan fingerprint density at radius 2 is 2.00 bits per heavy atom. The molecule has 7 heteroatoms. The lowest BCUT2D eigenvalue weighted by Gasteiger charge is -2.07. The second-order valence-electron chi connectivity index (χ2n) is 4.43. The molecule has 0 aliphatic carbocycles. The normalized spacial score (nSPS) is 10.1. The standard InChI is InChI=1S/C15H15BrN2O4/c1-21-12-4-2-10(3-5-12)7-18-14(19)9-22-15(20)13-6-11(16)8-17-13/h2-6,8,17H,7,9H2,1H3,(H,18,19). The van der Waals surface area contributed by atoms with Gasteiger partial charge in [-0.15, -0.1) is 0 Å². The Morgan fingerprint density at radius 1 is 1.27 bits per heavy atom. The highest BCUT2D eigenvalue weighted by Crippen LogP contribution is 2.12. The number of hydrogen-bond donors (Lipinski definition) is 2. The molecule has 0 saturated heterocycles. The number of nitrogens with one attached hydrogen (secondary N) is 2. The lowest BCUT2D eigenvalue weighted by molar-refractivity contribution is -0.124. The summed E-state index contributed by atoms with van der Waals surface area (Å²) < 4.78 is 10.7. The van der Waals surface area contributed by atoms with E-state index in [9.17, 15) is 9.59 Å². The van der Waals surface area contributed by atoms with E-state index in [1.165, 1.54) is 0 Å². The van der Waals surface area contributed by atoms with Gasteiger partial charge in [0.15, 0.2) is 6.61 Å². The second-order valence-corrected chi connectivity index (χ2v) is 5.35. The molecule has 1 aromatic heterocycles. The van der Waals surface area contributed by atoms with Crippen molar-refractivity contribution in [1.82, 2.24) is 10.3 Å². The van der Waals surface area contributed by atoms with Crippen LogP contribution in [0.2, 0.25) is 0 Å². The van der Waals surface area contributed by atoms with Gasteiger partial charge in [0.25, 0.3) is 5.91 Å². The summed E-state index contributed by atoms with van der Waals surface area (Å²) in [6, 6.07) is 8.90. The number of esters is 1. The Morgan fingerprint density at radius 3 is 2.59 bits per heavy atom. The maximum absolute atomic E-state index is 11.6. The average Bonchev–Trinajstić information content (AvgIpc) is 2.97. The summed E-state index contributed by atoms with van der Waals surface area (Å²) in [5.74, 6) is -0.193. The zero-order chi connectivity index (χ0) is 15.9. The van der Waals surface area contributed by atoms with Crippen LogP contribution < -0.4 is 10.1 Å². The molecule has 0 saturated carbocycles. The first kappa shape index (κ1) is 16.1. The van der Waals surface area contributed by atoms with Crippen LogP contribution in [0.3, 0.4) is 0 Å². The van der Waals surface area contributed by atoms with Crippen molar-refractivity contribution >= 4 is 27.8 Å². The molecule has 116 valence electrons. The van der Waals surface area contributed by atoms with E-state index < -0.39 is 5.97 Å². The van der Waals surface area contributed by atoms with Crippen LogP contribution in [0, 0.1) is 0 Å². The summed E-state index contributed by atoms with van der Waals surface area (Å²) >= 11 is 3.21. The predicted molar refractivity (Wildman–Crippen MR) is 83.6 cm³/mol. The molecular formula is C15H15BrN2O4. The molecule has 0 radical (unpaired) electrons. The van der Waals surface area contributed by atoms with Crippen molar-refractivity contribution in [3.05, 3.63) is 52.3 Å². The Balaban J connectivity index is 1.74. The summed E-state index contributed by atoms with van der Waals surface area (Å²) in [5.41, 5.74) is 1.21. The highest BCUT2D eigenvalue weighted by molar-refractivity contribution is 9.10. The summed E-state index contributed by atoms with van der Waals surface area (Å²) in [7, 11) is 1.59. The first-order valence-electron chi connectivity index (χ1n) is 6.49. The molecule has 0 unspecified atom stereocenters. The SMILES string of the molecule is COc1ccc(CNC(=O)COC(=O)c2cc(Br)c[nH]2)cc1. The van der Waals surface area contributed by atoms with E-state index in [-0.39, 0.29) is 18.2 Å². The predicted octanol–water partition coefficient (Wildman–Crippen LogP) is 2.26. The maximum atomic E-state index is 11.6. The third-order valence-electron chi connectivity index (χ3n) is 2.85. The Bertz CT molecular complexity index is 652. The lowest BCUT2D eigenvalue weighted by Crippen LogP contribution is -2.28. The zero-order valence-corrected chi connectivity index (χ0v) is 13.5. The highest BCUT2D eigenvalue weighted by Gasteiger charge is 2.11. The van der Waals surface area contributed by atoms with E-state index in [0.29, 0.717) is 6.54 Å². The molecular weight excluding hydrogens is 352 g/mol. The van der Waals surface area contributed by atoms with Crippen LogP contribution in [0.15, 0.2) is 41.0 Å². The maximum Gasteiger partial charge on any atom is 0.355 e. The van der Waals surface area contributed by atoms with E-state index in [1.807, 2.05) is 24.3 Å². The van der Waals surface area contributed by atoms with Gasteiger partial charge in [0.1, 0.15) is 11.4 Å². The van der Waals surface area contributed by atoms with Crippen LogP contribution in [0.25, 0.3) is 0 Å². The van der Waals surface area contributed by atoms with Crippen LogP contribution in [0.4, 0.5) is 0 Å². The highest BCUT2D eigenvalue weighted by atomic mass is 79.9. The monoisotopic (exact) mass is 366 g/mol. The number of halogens is 1. The van der Waals surface area contributed by atoms with Gasteiger partial charge in [-0.3, -0.25) is 4.79 Å². The summed E-state index contributed by atoms with van der Waals surface area (Å²) in [5, 5.41) is 2.67. The molecule has 2 rings (SSSR count). The van der Waals surface area contributed by atoms with Gasteiger partial charge in [-0.25, -0.2) is 4.79 Å². The van der Waals surface area contributed by atoms with Crippen molar-refractivity contribution in [2.75, 3.05) is 13.7 Å². The van der Waals surface area contributed by atoms with Crippen molar-refractivity contribution in [3.63, 3.8) is 0 Å². The smallest absolute Gasteiger partial charge is 0.355 e. The number of benzene rings is 1. The molecule has 0 bridgehead atoms. The molecule has 0 aliphatic heterocycles. The number of amides is 1. The quantitative estimate of drug-likeness (QED) is 0.768. The van der Waals surface area contributed by atoms with Crippen molar-refractivity contribution in [3.8, 4) is 5.75 Å². The molecule has 6 nitrogen and oxygen atoms in total. The molecule has 2 N–H and O–H groups in total. The van der Waals surface area contributed by atoms with E-state index in [2.05, 4.69) is 26.2 Å². The van der Waals surface area contributed by atoms with E-state index in [0.717, 1.165) is 15.8 Å². The molecule has 1 aromatic carbocycles. The minimum absolute atomic E-state index is 0.287. The van der Waals surface area contributed by atoms with Crippen LogP contribution in [-0.2, 0) is 16.1 Å². The van der Waals surface area contributed by atoms with Crippen LogP contribution in [0.1, 0.15) is 16.1 Å². The minimum Gasteiger partial charge on any atom is -0.497 e. The third kappa shape index (κ3) is 4.63. The molecule has 0 atom stereocenters.